The topological polar surface area (TPSA) is 59.3 Å². The van der Waals surface area contributed by atoms with Gasteiger partial charge in [-0.25, -0.2) is 0 Å². The van der Waals surface area contributed by atoms with Gasteiger partial charge in [0.25, 0.3) is 0 Å². The zero-order chi connectivity index (χ0) is 19.2. The highest BCUT2D eigenvalue weighted by Crippen LogP contribution is 2.65. The van der Waals surface area contributed by atoms with E-state index in [9.17, 15) is 10.1 Å². The molecule has 2 fully saturated rings. The van der Waals surface area contributed by atoms with Gasteiger partial charge in [-0.3, -0.25) is 0 Å². The molecule has 27 heavy (non-hydrogen) atoms. The van der Waals surface area contributed by atoms with Crippen molar-refractivity contribution in [1.82, 2.24) is 0 Å². The molecule has 0 saturated heterocycles. The maximum atomic E-state index is 11.7. The number of nitrogens with zero attached hydrogens (tertiary/aromatic N) is 1. The standard InChI is InChI=1S/C23H29NO3/c1-22-9-4-5-16(13-25)18(22)8-10-23(14-24)20(22)7-6-15-11-17(26-2)12-19(27-3)21(15)23/h11-13,16,18,20H,4-10H2,1-3H3/t16-,18-,20+,22-,23-/m1/s1. The molecule has 0 amide bonds. The van der Waals surface area contributed by atoms with Gasteiger partial charge in [-0.15, -0.1) is 0 Å². The number of methoxy groups -OCH3 is 2. The van der Waals surface area contributed by atoms with E-state index >= 15 is 0 Å². The summed E-state index contributed by atoms with van der Waals surface area (Å²) in [6.45, 7) is 2.35. The summed E-state index contributed by atoms with van der Waals surface area (Å²) in [7, 11) is 3.35. The predicted molar refractivity (Wildman–Crippen MR) is 103 cm³/mol. The molecule has 144 valence electrons. The van der Waals surface area contributed by atoms with E-state index in [-0.39, 0.29) is 17.3 Å². The first-order valence-corrected chi connectivity index (χ1v) is 10.2. The van der Waals surface area contributed by atoms with Crippen LogP contribution in [0.15, 0.2) is 12.1 Å². The molecule has 0 aliphatic heterocycles. The summed E-state index contributed by atoms with van der Waals surface area (Å²) in [4.78, 5) is 11.7. The minimum absolute atomic E-state index is 0.0421. The van der Waals surface area contributed by atoms with Gasteiger partial charge in [0.05, 0.1) is 25.7 Å². The molecule has 5 atom stereocenters. The first kappa shape index (κ1) is 18.3. The Morgan fingerprint density at radius 3 is 2.67 bits per heavy atom. The molecule has 3 aliphatic rings. The van der Waals surface area contributed by atoms with Crippen molar-refractivity contribution in [2.45, 2.75) is 57.3 Å². The molecule has 0 heterocycles. The summed E-state index contributed by atoms with van der Waals surface area (Å²) in [6, 6.07) is 6.77. The van der Waals surface area contributed by atoms with Gasteiger partial charge in [-0.1, -0.05) is 13.3 Å². The van der Waals surface area contributed by atoms with Crippen LogP contribution in [0.1, 0.15) is 56.6 Å². The third-order valence-electron chi connectivity index (χ3n) is 7.99. The van der Waals surface area contributed by atoms with E-state index in [4.69, 9.17) is 9.47 Å². The molecule has 1 aromatic rings. The largest absolute Gasteiger partial charge is 0.497 e. The van der Waals surface area contributed by atoms with Crippen LogP contribution in [0.25, 0.3) is 0 Å². The molecule has 0 N–H and O–H groups in total. The Bertz CT molecular complexity index is 780. The molecule has 0 unspecified atom stereocenters. The fourth-order valence-electron chi connectivity index (χ4n) is 6.85. The predicted octanol–water partition coefficient (Wildman–Crippen LogP) is 4.44. The Morgan fingerprint density at radius 2 is 2.00 bits per heavy atom. The summed E-state index contributed by atoms with van der Waals surface area (Å²) in [5.41, 5.74) is 1.79. The molecule has 0 bridgehead atoms. The normalized spacial score (nSPS) is 37.2. The molecule has 0 radical (unpaired) electrons. The number of aldehydes is 1. The fourth-order valence-corrected chi connectivity index (χ4v) is 6.85. The van der Waals surface area contributed by atoms with Crippen molar-refractivity contribution >= 4 is 6.29 Å². The third-order valence-corrected chi connectivity index (χ3v) is 7.99. The third kappa shape index (κ3) is 2.43. The zero-order valence-corrected chi connectivity index (χ0v) is 16.6. The summed E-state index contributed by atoms with van der Waals surface area (Å²) < 4.78 is 11.2. The molecule has 0 spiro atoms. The van der Waals surface area contributed by atoms with Crippen molar-refractivity contribution in [2.24, 2.45) is 23.2 Å². The van der Waals surface area contributed by atoms with Crippen molar-refractivity contribution in [2.75, 3.05) is 14.2 Å². The van der Waals surface area contributed by atoms with Gasteiger partial charge in [-0.05, 0) is 67.4 Å². The highest BCUT2D eigenvalue weighted by atomic mass is 16.5. The van der Waals surface area contributed by atoms with Crippen LogP contribution < -0.4 is 9.47 Å². The van der Waals surface area contributed by atoms with E-state index in [1.54, 1.807) is 14.2 Å². The molecule has 1 aromatic carbocycles. The number of rotatable bonds is 3. The number of aryl methyl sites for hydroxylation is 1. The van der Waals surface area contributed by atoms with Crippen LogP contribution in [0.2, 0.25) is 0 Å². The lowest BCUT2D eigenvalue weighted by molar-refractivity contribution is -0.123. The Morgan fingerprint density at radius 1 is 1.19 bits per heavy atom. The monoisotopic (exact) mass is 367 g/mol. The number of hydrogen-bond donors (Lipinski definition) is 0. The van der Waals surface area contributed by atoms with Crippen molar-refractivity contribution in [3.05, 3.63) is 23.3 Å². The van der Waals surface area contributed by atoms with Crippen LogP contribution >= 0.6 is 0 Å². The summed E-state index contributed by atoms with van der Waals surface area (Å²) in [6.07, 6.45) is 8.08. The second kappa shape index (κ2) is 6.55. The smallest absolute Gasteiger partial charge is 0.127 e. The Balaban J connectivity index is 1.87. The molecular formula is C23H29NO3. The first-order chi connectivity index (χ1) is 13.0. The number of hydrogen-bond acceptors (Lipinski definition) is 4. The highest BCUT2D eigenvalue weighted by Gasteiger charge is 2.61. The van der Waals surface area contributed by atoms with E-state index in [1.165, 1.54) is 11.8 Å². The number of carbonyl (C=O) groups is 1. The number of nitriles is 1. The van der Waals surface area contributed by atoms with Crippen molar-refractivity contribution in [3.63, 3.8) is 0 Å². The van der Waals surface area contributed by atoms with Gasteiger partial charge in [0.1, 0.15) is 17.8 Å². The average molecular weight is 367 g/mol. The molecule has 0 aromatic heterocycles. The quantitative estimate of drug-likeness (QED) is 0.741. The molecule has 4 nitrogen and oxygen atoms in total. The second-order valence-corrected chi connectivity index (χ2v) is 8.88. The van der Waals surface area contributed by atoms with Crippen LogP contribution in [0.5, 0.6) is 11.5 Å². The van der Waals surface area contributed by atoms with Crippen LogP contribution in [0, 0.1) is 34.5 Å². The Labute approximate surface area is 161 Å². The van der Waals surface area contributed by atoms with Crippen molar-refractivity contribution in [1.29, 1.82) is 5.26 Å². The second-order valence-electron chi connectivity index (χ2n) is 8.88. The van der Waals surface area contributed by atoms with Crippen molar-refractivity contribution in [3.8, 4) is 17.6 Å². The van der Waals surface area contributed by atoms with Crippen molar-refractivity contribution < 1.29 is 14.3 Å². The number of carbonyl (C=O) groups excluding carboxylic acids is 1. The van der Waals surface area contributed by atoms with E-state index in [1.807, 2.05) is 6.07 Å². The SMILES string of the molecule is COc1cc2c(c(OC)c1)[C@@]1(C#N)CC[C@@H]3[C@@H](C=O)CCC[C@@]3(C)[C@@H]1CC2. The van der Waals surface area contributed by atoms with E-state index in [0.29, 0.717) is 5.92 Å². The minimum Gasteiger partial charge on any atom is -0.497 e. The van der Waals surface area contributed by atoms with Crippen LogP contribution in [-0.4, -0.2) is 20.5 Å². The van der Waals surface area contributed by atoms with Gasteiger partial charge >= 0.3 is 0 Å². The Kier molecular flexibility index (Phi) is 4.45. The molecule has 2 saturated carbocycles. The molecule has 3 aliphatic carbocycles. The average Bonchev–Trinajstić information content (AvgIpc) is 2.71. The number of fused-ring (bicyclic) bond motifs is 5. The Hall–Kier alpha value is -2.02. The van der Waals surface area contributed by atoms with Gasteiger partial charge in [0, 0.05) is 17.5 Å². The van der Waals surface area contributed by atoms with E-state index < -0.39 is 5.41 Å². The molecule has 4 heteroatoms. The van der Waals surface area contributed by atoms with Gasteiger partial charge in [0.2, 0.25) is 0 Å². The van der Waals surface area contributed by atoms with E-state index in [0.717, 1.165) is 62.0 Å². The number of benzene rings is 1. The zero-order valence-electron chi connectivity index (χ0n) is 16.6. The first-order valence-electron chi connectivity index (χ1n) is 10.2. The number of ether oxygens (including phenoxy) is 2. The van der Waals surface area contributed by atoms with Gasteiger partial charge in [0.15, 0.2) is 0 Å². The van der Waals surface area contributed by atoms with Gasteiger partial charge in [-0.2, -0.15) is 5.26 Å². The lowest BCUT2D eigenvalue weighted by Crippen LogP contribution is -2.56. The summed E-state index contributed by atoms with van der Waals surface area (Å²) in [5.74, 6) is 2.39. The maximum Gasteiger partial charge on any atom is 0.127 e. The van der Waals surface area contributed by atoms with Crippen LogP contribution in [-0.2, 0) is 16.6 Å². The molecular weight excluding hydrogens is 338 g/mol. The minimum atomic E-state index is -0.527. The lowest BCUT2D eigenvalue weighted by atomic mass is 9.42. The van der Waals surface area contributed by atoms with Crippen LogP contribution in [0.3, 0.4) is 0 Å². The maximum absolute atomic E-state index is 11.7. The summed E-state index contributed by atoms with van der Waals surface area (Å²) in [5, 5.41) is 10.5. The summed E-state index contributed by atoms with van der Waals surface area (Å²) >= 11 is 0. The van der Waals surface area contributed by atoms with Crippen LogP contribution in [0.4, 0.5) is 0 Å². The van der Waals surface area contributed by atoms with Gasteiger partial charge < -0.3 is 14.3 Å². The highest BCUT2D eigenvalue weighted by molar-refractivity contribution is 5.58. The lowest BCUT2D eigenvalue weighted by Gasteiger charge is -2.60. The molecule has 4 rings (SSSR count). The van der Waals surface area contributed by atoms with E-state index in [2.05, 4.69) is 19.1 Å². The fraction of sp³-hybridized carbons (Fsp3) is 0.652.